The fraction of sp³-hybridized carbons (Fsp3) is 0.429. The molecule has 1 N–H and O–H groups in total. The number of nitrogens with one attached hydrogen (secondary N) is 1. The number of hydrogen-bond acceptors (Lipinski definition) is 2. The quantitative estimate of drug-likeness (QED) is 0.662. The molecule has 1 aromatic rings. The van der Waals surface area contributed by atoms with Gasteiger partial charge in [-0.2, -0.15) is 0 Å². The lowest BCUT2D eigenvalue weighted by molar-refractivity contribution is 0.363. The lowest BCUT2D eigenvalue weighted by Gasteiger charge is -2.02. The number of alkyl halides is 1. The molecular formula is C7H9FN2O. The second-order valence-electron chi connectivity index (χ2n) is 2.36. The monoisotopic (exact) mass is 156 g/mol. The molecule has 0 aromatic carbocycles. The maximum Gasteiger partial charge on any atom is 0.253 e. The highest BCUT2D eigenvalue weighted by Crippen LogP contribution is 2.13. The number of nitrogens with zero attached hydrogens (tertiary/aromatic N) is 1. The van der Waals surface area contributed by atoms with E-state index in [1.54, 1.807) is 6.92 Å². The second-order valence-corrected chi connectivity index (χ2v) is 2.36. The number of halogens is 1. The van der Waals surface area contributed by atoms with Crippen molar-refractivity contribution in [3.8, 4) is 0 Å². The van der Waals surface area contributed by atoms with Crippen molar-refractivity contribution in [2.24, 2.45) is 0 Å². The van der Waals surface area contributed by atoms with Crippen molar-refractivity contribution >= 4 is 0 Å². The average molecular weight is 156 g/mol. The lowest BCUT2D eigenvalue weighted by atomic mass is 10.2. The zero-order valence-electron chi connectivity index (χ0n) is 6.39. The SMILES string of the molecule is Cc1c(C(C)F)nc[nH]c1=O. The molecule has 11 heavy (non-hydrogen) atoms. The van der Waals surface area contributed by atoms with Gasteiger partial charge >= 0.3 is 0 Å². The average Bonchev–Trinajstić information content (AvgIpc) is 1.94. The van der Waals surface area contributed by atoms with Gasteiger partial charge in [0, 0.05) is 5.56 Å². The fourth-order valence-electron chi connectivity index (χ4n) is 0.883. The second kappa shape index (κ2) is 2.82. The van der Waals surface area contributed by atoms with Crippen molar-refractivity contribution in [2.75, 3.05) is 0 Å². The van der Waals surface area contributed by atoms with Crippen molar-refractivity contribution in [2.45, 2.75) is 20.0 Å². The zero-order chi connectivity index (χ0) is 8.43. The van der Waals surface area contributed by atoms with E-state index in [1.165, 1.54) is 13.3 Å². The van der Waals surface area contributed by atoms with E-state index in [0.717, 1.165) is 0 Å². The number of aromatic amines is 1. The zero-order valence-corrected chi connectivity index (χ0v) is 6.39. The van der Waals surface area contributed by atoms with Crippen molar-refractivity contribution in [1.29, 1.82) is 0 Å². The molecule has 0 aliphatic carbocycles. The Hall–Kier alpha value is -1.19. The fourth-order valence-corrected chi connectivity index (χ4v) is 0.883. The van der Waals surface area contributed by atoms with E-state index in [9.17, 15) is 9.18 Å². The van der Waals surface area contributed by atoms with Crippen LogP contribution in [0.1, 0.15) is 24.4 Å². The Morgan fingerprint density at radius 2 is 2.36 bits per heavy atom. The van der Waals surface area contributed by atoms with Gasteiger partial charge in [-0.25, -0.2) is 9.37 Å². The molecule has 0 bridgehead atoms. The Bertz CT molecular complexity index is 306. The van der Waals surface area contributed by atoms with Gasteiger partial charge in [-0.05, 0) is 13.8 Å². The van der Waals surface area contributed by atoms with E-state index in [1.807, 2.05) is 0 Å². The normalized spacial score (nSPS) is 13.0. The summed E-state index contributed by atoms with van der Waals surface area (Å²) < 4.78 is 12.7. The molecule has 0 radical (unpaired) electrons. The molecule has 0 aliphatic rings. The molecule has 1 rings (SSSR count). The van der Waals surface area contributed by atoms with Crippen LogP contribution in [-0.4, -0.2) is 9.97 Å². The van der Waals surface area contributed by atoms with Crippen molar-refractivity contribution in [1.82, 2.24) is 9.97 Å². The third-order valence-electron chi connectivity index (χ3n) is 1.50. The Morgan fingerprint density at radius 1 is 1.73 bits per heavy atom. The lowest BCUT2D eigenvalue weighted by Crippen LogP contribution is -2.13. The molecule has 0 saturated heterocycles. The van der Waals surface area contributed by atoms with Gasteiger partial charge in [0.25, 0.3) is 5.56 Å². The van der Waals surface area contributed by atoms with E-state index >= 15 is 0 Å². The summed E-state index contributed by atoms with van der Waals surface area (Å²) >= 11 is 0. The highest BCUT2D eigenvalue weighted by molar-refractivity contribution is 5.15. The summed E-state index contributed by atoms with van der Waals surface area (Å²) in [6.07, 6.45) is 0.0260. The van der Waals surface area contributed by atoms with Crippen LogP contribution in [0.2, 0.25) is 0 Å². The molecule has 1 heterocycles. The molecule has 0 spiro atoms. The first-order valence-electron chi connectivity index (χ1n) is 3.31. The van der Waals surface area contributed by atoms with Crippen molar-refractivity contribution in [3.63, 3.8) is 0 Å². The van der Waals surface area contributed by atoms with Crippen LogP contribution in [0.3, 0.4) is 0 Å². The van der Waals surface area contributed by atoms with Crippen molar-refractivity contribution < 1.29 is 4.39 Å². The summed E-state index contributed by atoms with van der Waals surface area (Å²) in [5.41, 5.74) is 0.288. The first-order chi connectivity index (χ1) is 5.13. The van der Waals surface area contributed by atoms with Gasteiger partial charge in [-0.3, -0.25) is 4.79 Å². The van der Waals surface area contributed by atoms with E-state index in [0.29, 0.717) is 5.56 Å². The van der Waals surface area contributed by atoms with Crippen LogP contribution < -0.4 is 5.56 Å². The Labute approximate surface area is 63.3 Å². The summed E-state index contributed by atoms with van der Waals surface area (Å²) in [6, 6.07) is 0. The van der Waals surface area contributed by atoms with E-state index in [2.05, 4.69) is 9.97 Å². The minimum Gasteiger partial charge on any atom is -0.313 e. The summed E-state index contributed by atoms with van der Waals surface area (Å²) in [7, 11) is 0. The van der Waals surface area contributed by atoms with Crippen molar-refractivity contribution in [3.05, 3.63) is 27.9 Å². The number of hydrogen-bond donors (Lipinski definition) is 1. The summed E-state index contributed by atoms with van der Waals surface area (Å²) in [5, 5.41) is 0. The third kappa shape index (κ3) is 1.45. The van der Waals surface area contributed by atoms with Gasteiger partial charge in [0.2, 0.25) is 0 Å². The molecular weight excluding hydrogens is 147 g/mol. The molecule has 3 nitrogen and oxygen atoms in total. The molecule has 0 saturated carbocycles. The van der Waals surface area contributed by atoms with Crippen LogP contribution in [-0.2, 0) is 0 Å². The molecule has 60 valence electrons. The maximum atomic E-state index is 12.7. The van der Waals surface area contributed by atoms with Gasteiger partial charge in [0.1, 0.15) is 6.17 Å². The predicted molar refractivity (Wildman–Crippen MR) is 39.1 cm³/mol. The smallest absolute Gasteiger partial charge is 0.253 e. The van der Waals surface area contributed by atoms with Crippen LogP contribution >= 0.6 is 0 Å². The standard InChI is InChI=1S/C7H9FN2O/c1-4-6(5(2)8)9-3-10-7(4)11/h3,5H,1-2H3,(H,9,10,11). The van der Waals surface area contributed by atoms with E-state index in [-0.39, 0.29) is 11.3 Å². The van der Waals surface area contributed by atoms with E-state index < -0.39 is 6.17 Å². The van der Waals surface area contributed by atoms with Crippen LogP contribution in [0.5, 0.6) is 0 Å². The van der Waals surface area contributed by atoms with Gasteiger partial charge in [0.15, 0.2) is 0 Å². The largest absolute Gasteiger partial charge is 0.313 e. The summed E-state index contributed by atoms with van der Waals surface area (Å²) in [5.74, 6) is 0. The summed E-state index contributed by atoms with van der Waals surface area (Å²) in [4.78, 5) is 17.0. The van der Waals surface area contributed by atoms with Crippen LogP contribution in [0.4, 0.5) is 4.39 Å². The van der Waals surface area contributed by atoms with Gasteiger partial charge in [0.05, 0.1) is 12.0 Å². The number of H-pyrrole nitrogens is 1. The molecule has 0 aliphatic heterocycles. The topological polar surface area (TPSA) is 45.8 Å². The molecule has 1 atom stereocenters. The Balaban J connectivity index is 3.28. The van der Waals surface area contributed by atoms with E-state index in [4.69, 9.17) is 0 Å². The molecule has 1 unspecified atom stereocenters. The summed E-state index contributed by atoms with van der Waals surface area (Å²) in [6.45, 7) is 2.91. The maximum absolute atomic E-state index is 12.7. The van der Waals surface area contributed by atoms with Gasteiger partial charge in [-0.15, -0.1) is 0 Å². The highest BCUT2D eigenvalue weighted by atomic mass is 19.1. The number of rotatable bonds is 1. The van der Waals surface area contributed by atoms with Crippen LogP contribution in [0.25, 0.3) is 0 Å². The van der Waals surface area contributed by atoms with Crippen LogP contribution in [0.15, 0.2) is 11.1 Å². The third-order valence-corrected chi connectivity index (χ3v) is 1.50. The molecule has 1 aromatic heterocycles. The number of aromatic nitrogens is 2. The highest BCUT2D eigenvalue weighted by Gasteiger charge is 2.09. The molecule has 0 amide bonds. The molecule has 0 fully saturated rings. The van der Waals surface area contributed by atoms with Gasteiger partial charge in [-0.1, -0.05) is 0 Å². The first-order valence-corrected chi connectivity index (χ1v) is 3.31. The van der Waals surface area contributed by atoms with Crippen LogP contribution in [0, 0.1) is 6.92 Å². The van der Waals surface area contributed by atoms with Gasteiger partial charge < -0.3 is 4.98 Å². The minimum absolute atomic E-state index is 0.216. The minimum atomic E-state index is -1.18. The predicted octanol–water partition coefficient (Wildman–Crippen LogP) is 1.11. The Morgan fingerprint density at radius 3 is 2.82 bits per heavy atom. The molecule has 4 heteroatoms. The Kier molecular flexibility index (Phi) is 2.03. The first kappa shape index (κ1) is 7.91.